The molecule has 0 unspecified atom stereocenters. The molecule has 1 heterocycles. The Hall–Kier alpha value is -2.90. The first-order chi connectivity index (χ1) is 13.7. The number of hydrogen-bond acceptors (Lipinski definition) is 5. The van der Waals surface area contributed by atoms with Gasteiger partial charge in [0.25, 0.3) is 17.7 Å². The molecule has 0 fully saturated rings. The van der Waals surface area contributed by atoms with Crippen LogP contribution in [0.1, 0.15) is 34.6 Å². The fraction of sp³-hybridized carbons (Fsp3) is 0.200. The van der Waals surface area contributed by atoms with E-state index in [0.717, 1.165) is 4.90 Å². The predicted molar refractivity (Wildman–Crippen MR) is 107 cm³/mol. The average Bonchev–Trinajstić information content (AvgIpc) is 2.95. The number of esters is 1. The first-order valence-corrected chi connectivity index (χ1v) is 9.40. The lowest BCUT2D eigenvalue weighted by Gasteiger charge is -2.23. The normalized spacial score (nSPS) is 15.0. The van der Waals surface area contributed by atoms with E-state index in [1.165, 1.54) is 26.0 Å². The van der Waals surface area contributed by atoms with Gasteiger partial charge in [0.05, 0.1) is 26.9 Å². The Morgan fingerprint density at radius 2 is 1.55 bits per heavy atom. The lowest BCUT2D eigenvalue weighted by atomic mass is 10.1. The van der Waals surface area contributed by atoms with E-state index in [9.17, 15) is 19.2 Å². The maximum Gasteiger partial charge on any atom is 0.329 e. The van der Waals surface area contributed by atoms with Crippen LogP contribution in [0, 0.1) is 0 Å². The van der Waals surface area contributed by atoms with Gasteiger partial charge in [-0.15, -0.1) is 0 Å². The van der Waals surface area contributed by atoms with Crippen LogP contribution in [0.25, 0.3) is 0 Å². The van der Waals surface area contributed by atoms with Crippen LogP contribution in [0.2, 0.25) is 10.0 Å². The van der Waals surface area contributed by atoms with Gasteiger partial charge in [-0.1, -0.05) is 41.4 Å². The Labute approximate surface area is 176 Å². The average molecular weight is 435 g/mol. The van der Waals surface area contributed by atoms with Crippen molar-refractivity contribution in [1.29, 1.82) is 0 Å². The predicted octanol–water partition coefficient (Wildman–Crippen LogP) is 3.55. The van der Waals surface area contributed by atoms with Crippen molar-refractivity contribution in [2.45, 2.75) is 26.0 Å². The van der Waals surface area contributed by atoms with Gasteiger partial charge in [-0.25, -0.2) is 4.79 Å². The van der Waals surface area contributed by atoms with E-state index in [2.05, 4.69) is 5.32 Å². The molecular formula is C20H16Cl2N2O5. The number of anilines is 1. The molecule has 3 rings (SSSR count). The van der Waals surface area contributed by atoms with E-state index in [-0.39, 0.29) is 26.9 Å². The van der Waals surface area contributed by atoms with E-state index < -0.39 is 35.8 Å². The van der Waals surface area contributed by atoms with Gasteiger partial charge >= 0.3 is 5.97 Å². The second-order valence-electron chi connectivity index (χ2n) is 6.37. The zero-order chi connectivity index (χ0) is 21.3. The third-order valence-electron chi connectivity index (χ3n) is 4.43. The quantitative estimate of drug-likeness (QED) is 0.573. The summed E-state index contributed by atoms with van der Waals surface area (Å²) in [7, 11) is 0. The smallest absolute Gasteiger partial charge is 0.329 e. The number of amides is 3. The van der Waals surface area contributed by atoms with Gasteiger partial charge in [-0.05, 0) is 38.1 Å². The van der Waals surface area contributed by atoms with E-state index in [1.807, 2.05) is 0 Å². The van der Waals surface area contributed by atoms with Crippen LogP contribution in [0.4, 0.5) is 5.69 Å². The first-order valence-electron chi connectivity index (χ1n) is 8.64. The third-order valence-corrected chi connectivity index (χ3v) is 5.24. The number of fused-ring (bicyclic) bond motifs is 1. The van der Waals surface area contributed by atoms with Crippen molar-refractivity contribution < 1.29 is 23.9 Å². The zero-order valence-corrected chi connectivity index (χ0v) is 17.0. The Balaban J connectivity index is 1.67. The van der Waals surface area contributed by atoms with E-state index in [4.69, 9.17) is 27.9 Å². The zero-order valence-electron chi connectivity index (χ0n) is 15.4. The summed E-state index contributed by atoms with van der Waals surface area (Å²) in [5.41, 5.74) is 0.706. The fourth-order valence-electron chi connectivity index (χ4n) is 2.83. The molecule has 29 heavy (non-hydrogen) atoms. The van der Waals surface area contributed by atoms with Crippen LogP contribution in [-0.4, -0.2) is 40.7 Å². The van der Waals surface area contributed by atoms with Gasteiger partial charge in [0.15, 0.2) is 6.10 Å². The molecule has 150 valence electrons. The molecule has 1 aliphatic rings. The number of ether oxygens (including phenoxy) is 1. The van der Waals surface area contributed by atoms with Crippen molar-refractivity contribution in [3.8, 4) is 0 Å². The summed E-state index contributed by atoms with van der Waals surface area (Å²) in [6, 6.07) is 9.79. The highest BCUT2D eigenvalue weighted by Gasteiger charge is 2.41. The standard InChI is InChI=1S/C20H16Cl2N2O5/c1-10(24-18(26)12-6-3-4-7-13(12)19(24)27)20(28)29-11(2)17(25)23-15-9-5-8-14(21)16(15)22/h3-11H,1-2H3,(H,23,25)/t10-,11+/m0/s1. The van der Waals surface area contributed by atoms with Crippen molar-refractivity contribution >= 4 is 52.6 Å². The molecule has 0 saturated carbocycles. The topological polar surface area (TPSA) is 92.8 Å². The third kappa shape index (κ3) is 3.97. The molecule has 0 aromatic heterocycles. The van der Waals surface area contributed by atoms with Crippen LogP contribution in [-0.2, 0) is 14.3 Å². The number of benzene rings is 2. The number of imide groups is 1. The van der Waals surface area contributed by atoms with Crippen LogP contribution in [0.15, 0.2) is 42.5 Å². The highest BCUT2D eigenvalue weighted by atomic mass is 35.5. The Bertz CT molecular complexity index is 989. The molecule has 7 nitrogen and oxygen atoms in total. The monoisotopic (exact) mass is 434 g/mol. The molecule has 2 aromatic rings. The highest BCUT2D eigenvalue weighted by Crippen LogP contribution is 2.30. The Morgan fingerprint density at radius 1 is 0.966 bits per heavy atom. The van der Waals surface area contributed by atoms with Gasteiger partial charge in [0.2, 0.25) is 0 Å². The summed E-state index contributed by atoms with van der Waals surface area (Å²) in [4.78, 5) is 50.6. The minimum atomic E-state index is -1.20. The molecule has 0 spiro atoms. The summed E-state index contributed by atoms with van der Waals surface area (Å²) < 4.78 is 5.15. The lowest BCUT2D eigenvalue weighted by Crippen LogP contribution is -2.45. The molecule has 1 N–H and O–H groups in total. The molecular weight excluding hydrogens is 419 g/mol. The van der Waals surface area contributed by atoms with Crippen molar-refractivity contribution in [1.82, 2.24) is 4.90 Å². The van der Waals surface area contributed by atoms with Gasteiger partial charge in [-0.2, -0.15) is 0 Å². The van der Waals surface area contributed by atoms with Crippen molar-refractivity contribution in [3.05, 3.63) is 63.6 Å². The number of rotatable bonds is 5. The van der Waals surface area contributed by atoms with Gasteiger partial charge < -0.3 is 10.1 Å². The molecule has 1 aliphatic heterocycles. The van der Waals surface area contributed by atoms with Crippen molar-refractivity contribution in [3.63, 3.8) is 0 Å². The SMILES string of the molecule is C[C@@H](OC(=O)[C@H](C)N1C(=O)c2ccccc2C1=O)C(=O)Nc1cccc(Cl)c1Cl. The molecule has 2 atom stereocenters. The van der Waals surface area contributed by atoms with Crippen molar-refractivity contribution in [2.24, 2.45) is 0 Å². The van der Waals surface area contributed by atoms with Crippen LogP contribution < -0.4 is 5.32 Å². The van der Waals surface area contributed by atoms with Crippen LogP contribution >= 0.6 is 23.2 Å². The van der Waals surface area contributed by atoms with Gasteiger partial charge in [0, 0.05) is 0 Å². The van der Waals surface area contributed by atoms with E-state index in [1.54, 1.807) is 30.3 Å². The molecule has 9 heteroatoms. The lowest BCUT2D eigenvalue weighted by molar-refractivity contribution is -0.156. The molecule has 0 radical (unpaired) electrons. The first kappa shape index (κ1) is 20.8. The second kappa shape index (κ2) is 8.23. The van der Waals surface area contributed by atoms with Gasteiger partial charge in [-0.3, -0.25) is 19.3 Å². The maximum absolute atomic E-state index is 12.5. The largest absolute Gasteiger partial charge is 0.451 e. The van der Waals surface area contributed by atoms with E-state index >= 15 is 0 Å². The molecule has 2 aromatic carbocycles. The van der Waals surface area contributed by atoms with Gasteiger partial charge in [0.1, 0.15) is 6.04 Å². The van der Waals surface area contributed by atoms with E-state index in [0.29, 0.717) is 0 Å². The Morgan fingerprint density at radius 3 is 2.14 bits per heavy atom. The number of hydrogen-bond donors (Lipinski definition) is 1. The Kier molecular flexibility index (Phi) is 5.91. The van der Waals surface area contributed by atoms with Crippen molar-refractivity contribution in [2.75, 3.05) is 5.32 Å². The molecule has 3 amide bonds. The number of nitrogens with zero attached hydrogens (tertiary/aromatic N) is 1. The minimum Gasteiger partial charge on any atom is -0.451 e. The number of carbonyl (C=O) groups excluding carboxylic acids is 4. The molecule has 0 saturated heterocycles. The number of halogens is 2. The summed E-state index contributed by atoms with van der Waals surface area (Å²) >= 11 is 11.9. The van der Waals surface area contributed by atoms with Crippen LogP contribution in [0.3, 0.4) is 0 Å². The summed E-state index contributed by atoms with van der Waals surface area (Å²) in [5.74, 6) is -2.70. The number of nitrogens with one attached hydrogen (secondary N) is 1. The highest BCUT2D eigenvalue weighted by molar-refractivity contribution is 6.44. The summed E-state index contributed by atoms with van der Waals surface area (Å²) in [5, 5.41) is 2.93. The molecule has 0 aliphatic carbocycles. The fourth-order valence-corrected chi connectivity index (χ4v) is 3.17. The summed E-state index contributed by atoms with van der Waals surface area (Å²) in [6.45, 7) is 2.73. The summed E-state index contributed by atoms with van der Waals surface area (Å²) in [6.07, 6.45) is -1.20. The maximum atomic E-state index is 12.5. The molecule has 0 bridgehead atoms. The minimum absolute atomic E-state index is 0.153. The second-order valence-corrected chi connectivity index (χ2v) is 7.16. The number of carbonyl (C=O) groups is 4. The van der Waals surface area contributed by atoms with Crippen LogP contribution in [0.5, 0.6) is 0 Å².